The third-order valence-corrected chi connectivity index (χ3v) is 1.35. The topological polar surface area (TPSA) is 34.9 Å². The summed E-state index contributed by atoms with van der Waals surface area (Å²) in [5.41, 5.74) is 0.775. The van der Waals surface area contributed by atoms with E-state index in [0.717, 1.165) is 5.69 Å². The molecule has 10 heavy (non-hydrogen) atoms. The Morgan fingerprint density at radius 2 is 2.50 bits per heavy atom. The maximum absolute atomic E-state index is 10.1. The molecule has 0 aliphatic rings. The van der Waals surface area contributed by atoms with Crippen LogP contribution in [-0.2, 0) is 11.8 Å². The lowest BCUT2D eigenvalue weighted by atomic mass is 10.1. The van der Waals surface area contributed by atoms with E-state index >= 15 is 0 Å². The van der Waals surface area contributed by atoms with E-state index < -0.39 is 0 Å². The maximum Gasteiger partial charge on any atom is 0.207 e. The number of hydrogen-bond acceptors (Lipinski definition) is 2. The van der Waals surface area contributed by atoms with E-state index in [2.05, 4.69) is 5.10 Å². The molecule has 1 aromatic heterocycles. The van der Waals surface area contributed by atoms with Crippen molar-refractivity contribution in [2.45, 2.75) is 12.8 Å². The van der Waals surface area contributed by atoms with Crippen molar-refractivity contribution in [3.05, 3.63) is 18.0 Å². The maximum atomic E-state index is 10.1. The predicted molar refractivity (Wildman–Crippen MR) is 37.3 cm³/mol. The highest BCUT2D eigenvalue weighted by Crippen LogP contribution is 2.07. The van der Waals surface area contributed by atoms with E-state index in [0.29, 0.717) is 0 Å². The van der Waals surface area contributed by atoms with Crippen LogP contribution in [0.25, 0.3) is 0 Å². The zero-order valence-electron chi connectivity index (χ0n) is 6.03. The quantitative estimate of drug-likeness (QED) is 0.599. The summed E-state index contributed by atoms with van der Waals surface area (Å²) in [6.07, 6.45) is 3.68. The van der Waals surface area contributed by atoms with Gasteiger partial charge >= 0.3 is 0 Å². The van der Waals surface area contributed by atoms with Crippen LogP contribution in [0.4, 0.5) is 0 Å². The summed E-state index contributed by atoms with van der Waals surface area (Å²) in [5.74, 6) is -0.207. The number of hydrogen-bond donors (Lipinski definition) is 0. The highest BCUT2D eigenvalue weighted by atomic mass is 16.1. The second-order valence-corrected chi connectivity index (χ2v) is 2.25. The lowest BCUT2D eigenvalue weighted by molar-refractivity contribution is 0.544. The zero-order valence-corrected chi connectivity index (χ0v) is 6.03. The Bertz CT molecular complexity index is 229. The predicted octanol–water partition coefficient (Wildman–Crippen LogP) is 0.633. The van der Waals surface area contributed by atoms with Crippen LogP contribution >= 0.6 is 0 Å². The molecule has 1 rings (SSSR count). The molecule has 0 amide bonds. The van der Waals surface area contributed by atoms with Gasteiger partial charge < -0.3 is 0 Å². The molecular weight excluding hydrogens is 128 g/mol. The van der Waals surface area contributed by atoms with Crippen LogP contribution < -0.4 is 0 Å². The van der Waals surface area contributed by atoms with Crippen LogP contribution in [-0.4, -0.2) is 16.1 Å². The van der Waals surface area contributed by atoms with Crippen LogP contribution in [0.2, 0.25) is 0 Å². The first-order valence-corrected chi connectivity index (χ1v) is 3.11. The minimum atomic E-state index is -0.207. The first kappa shape index (κ1) is 6.99. The molecule has 1 heterocycles. The molecule has 0 saturated heterocycles. The van der Waals surface area contributed by atoms with Crippen LogP contribution in [0.15, 0.2) is 12.3 Å². The summed E-state index contributed by atoms with van der Waals surface area (Å²) < 4.78 is 1.67. The molecule has 0 bridgehead atoms. The number of nitrogens with zero attached hydrogens (tertiary/aromatic N) is 2. The lowest BCUT2D eigenvalue weighted by Crippen LogP contribution is -1.96. The Hall–Kier alpha value is -1.12. The van der Waals surface area contributed by atoms with Crippen molar-refractivity contribution in [3.63, 3.8) is 0 Å². The van der Waals surface area contributed by atoms with Crippen molar-refractivity contribution < 1.29 is 4.79 Å². The number of aromatic nitrogens is 2. The van der Waals surface area contributed by atoms with E-state index in [1.807, 2.05) is 25.6 Å². The van der Waals surface area contributed by atoms with Gasteiger partial charge in [0, 0.05) is 13.2 Å². The van der Waals surface area contributed by atoms with Crippen LogP contribution in [0.1, 0.15) is 18.5 Å². The number of carbonyl (C=O) groups excluding carboxylic acids is 1. The summed E-state index contributed by atoms with van der Waals surface area (Å²) in [4.78, 5) is 10.1. The Kier molecular flexibility index (Phi) is 1.85. The highest BCUT2D eigenvalue weighted by Gasteiger charge is 2.06. The molecule has 1 aromatic rings. The molecule has 0 N–H and O–H groups in total. The van der Waals surface area contributed by atoms with Gasteiger partial charge in [0.05, 0.1) is 11.6 Å². The summed E-state index contributed by atoms with van der Waals surface area (Å²) in [6, 6.07) is 1.82. The monoisotopic (exact) mass is 137 g/mol. The molecule has 1 radical (unpaired) electrons. The van der Waals surface area contributed by atoms with Crippen LogP contribution in [0.5, 0.6) is 0 Å². The SMILES string of the molecule is CC([C]=O)c1ccn(C)n1. The van der Waals surface area contributed by atoms with Crippen LogP contribution in [0, 0.1) is 0 Å². The van der Waals surface area contributed by atoms with Gasteiger partial charge in [-0.2, -0.15) is 5.10 Å². The molecule has 3 nitrogen and oxygen atoms in total. The van der Waals surface area contributed by atoms with Crippen molar-refractivity contribution in [1.29, 1.82) is 0 Å². The largest absolute Gasteiger partial charge is 0.290 e. The standard InChI is InChI=1S/C7H9N2O/c1-6(5-10)7-3-4-9(2)8-7/h3-4,6H,1-2H3. The fourth-order valence-corrected chi connectivity index (χ4v) is 0.724. The fraction of sp³-hybridized carbons (Fsp3) is 0.429. The second-order valence-electron chi connectivity index (χ2n) is 2.25. The summed E-state index contributed by atoms with van der Waals surface area (Å²) >= 11 is 0. The first-order valence-electron chi connectivity index (χ1n) is 3.11. The van der Waals surface area contributed by atoms with Gasteiger partial charge in [-0.05, 0) is 13.0 Å². The van der Waals surface area contributed by atoms with Gasteiger partial charge in [0.25, 0.3) is 0 Å². The third kappa shape index (κ3) is 1.23. The van der Waals surface area contributed by atoms with Gasteiger partial charge in [-0.15, -0.1) is 0 Å². The summed E-state index contributed by atoms with van der Waals surface area (Å²) in [7, 11) is 1.82. The molecule has 0 aliphatic carbocycles. The van der Waals surface area contributed by atoms with Gasteiger partial charge in [-0.1, -0.05) is 0 Å². The smallest absolute Gasteiger partial charge is 0.207 e. The molecule has 0 aliphatic heterocycles. The van der Waals surface area contributed by atoms with E-state index in [4.69, 9.17) is 0 Å². The van der Waals surface area contributed by atoms with Gasteiger partial charge in [-0.25, -0.2) is 0 Å². The molecule has 1 atom stereocenters. The van der Waals surface area contributed by atoms with E-state index in [-0.39, 0.29) is 5.92 Å². The minimum Gasteiger partial charge on any atom is -0.290 e. The van der Waals surface area contributed by atoms with Crippen molar-refractivity contribution in [1.82, 2.24) is 9.78 Å². The molecule has 0 spiro atoms. The molecular formula is C7H9N2O. The molecule has 0 saturated carbocycles. The molecule has 0 aromatic carbocycles. The summed E-state index contributed by atoms with van der Waals surface area (Å²) in [5, 5.41) is 4.04. The number of aryl methyl sites for hydroxylation is 1. The molecule has 53 valence electrons. The van der Waals surface area contributed by atoms with Crippen molar-refractivity contribution in [2.24, 2.45) is 7.05 Å². The fourth-order valence-electron chi connectivity index (χ4n) is 0.724. The minimum absolute atomic E-state index is 0.207. The molecule has 1 unspecified atom stereocenters. The van der Waals surface area contributed by atoms with Gasteiger partial charge in [0.15, 0.2) is 0 Å². The van der Waals surface area contributed by atoms with E-state index in [1.54, 1.807) is 11.6 Å². The Morgan fingerprint density at radius 1 is 1.80 bits per heavy atom. The normalized spacial score (nSPS) is 13.0. The highest BCUT2D eigenvalue weighted by molar-refractivity contribution is 5.60. The van der Waals surface area contributed by atoms with Crippen molar-refractivity contribution in [3.8, 4) is 0 Å². The van der Waals surface area contributed by atoms with E-state index in [9.17, 15) is 4.79 Å². The first-order chi connectivity index (χ1) is 4.74. The van der Waals surface area contributed by atoms with Gasteiger partial charge in [0.2, 0.25) is 6.29 Å². The molecule has 3 heteroatoms. The Balaban J connectivity index is 2.84. The summed E-state index contributed by atoms with van der Waals surface area (Å²) in [6.45, 7) is 1.77. The van der Waals surface area contributed by atoms with Gasteiger partial charge in [0.1, 0.15) is 0 Å². The zero-order chi connectivity index (χ0) is 7.56. The number of rotatable bonds is 2. The third-order valence-electron chi connectivity index (χ3n) is 1.35. The average molecular weight is 137 g/mol. The second kappa shape index (κ2) is 2.64. The Morgan fingerprint density at radius 3 is 2.90 bits per heavy atom. The van der Waals surface area contributed by atoms with Crippen LogP contribution in [0.3, 0.4) is 0 Å². The lowest BCUT2D eigenvalue weighted by Gasteiger charge is -1.93. The average Bonchev–Trinajstić information content (AvgIpc) is 2.34. The van der Waals surface area contributed by atoms with Crippen molar-refractivity contribution in [2.75, 3.05) is 0 Å². The van der Waals surface area contributed by atoms with Gasteiger partial charge in [-0.3, -0.25) is 9.48 Å². The molecule has 0 fully saturated rings. The van der Waals surface area contributed by atoms with Crippen molar-refractivity contribution >= 4 is 6.29 Å². The van der Waals surface area contributed by atoms with E-state index in [1.165, 1.54) is 0 Å². The Labute approximate surface area is 59.7 Å².